The van der Waals surface area contributed by atoms with Gasteiger partial charge in [-0.25, -0.2) is 4.98 Å². The van der Waals surface area contributed by atoms with Crippen LogP contribution in [0.15, 0.2) is 72.7 Å². The quantitative estimate of drug-likeness (QED) is 0.466. The van der Waals surface area contributed by atoms with Gasteiger partial charge in [-0.15, -0.1) is 0 Å². The van der Waals surface area contributed by atoms with E-state index in [1.165, 1.54) is 43.1 Å². The van der Waals surface area contributed by atoms with Gasteiger partial charge in [0.25, 0.3) is 5.91 Å². The van der Waals surface area contributed by atoms with Crippen molar-refractivity contribution in [3.8, 4) is 16.8 Å². The van der Waals surface area contributed by atoms with Crippen LogP contribution in [0.25, 0.3) is 16.8 Å². The number of aromatic nitrogens is 2. The Hall–Kier alpha value is -3.35. The molecule has 1 N–H and O–H groups in total. The average Bonchev–Trinajstić information content (AvgIpc) is 3.29. The summed E-state index contributed by atoms with van der Waals surface area (Å²) >= 11 is 0. The minimum atomic E-state index is -4.46. The molecule has 1 aliphatic carbocycles. The molecule has 0 spiro atoms. The Bertz CT molecular complexity index is 1130. The van der Waals surface area contributed by atoms with Crippen molar-refractivity contribution in [2.24, 2.45) is 0 Å². The van der Waals surface area contributed by atoms with Gasteiger partial charge in [0, 0.05) is 12.2 Å². The summed E-state index contributed by atoms with van der Waals surface area (Å²) < 4.78 is 42.0. The van der Waals surface area contributed by atoms with Crippen LogP contribution in [0, 0.1) is 0 Å². The monoisotopic (exact) mass is 439 g/mol. The van der Waals surface area contributed by atoms with E-state index in [0.717, 1.165) is 25.3 Å². The average molecular weight is 439 g/mol. The first-order chi connectivity index (χ1) is 15.4. The number of rotatable bonds is 6. The summed E-state index contributed by atoms with van der Waals surface area (Å²) in [6, 6.07) is 12.1. The second-order valence-corrected chi connectivity index (χ2v) is 7.86. The van der Waals surface area contributed by atoms with E-state index in [2.05, 4.69) is 16.4 Å². The van der Waals surface area contributed by atoms with E-state index >= 15 is 0 Å². The molecule has 0 saturated heterocycles. The minimum Gasteiger partial charge on any atom is -0.350 e. The highest BCUT2D eigenvalue weighted by molar-refractivity contribution is 5.93. The number of carbonyl (C=O) groups excluding carboxylic acids is 1. The van der Waals surface area contributed by atoms with Gasteiger partial charge in [-0.2, -0.15) is 13.2 Å². The van der Waals surface area contributed by atoms with Crippen molar-refractivity contribution < 1.29 is 18.0 Å². The highest BCUT2D eigenvalue weighted by atomic mass is 19.4. The maximum Gasteiger partial charge on any atom is 0.417 e. The third kappa shape index (κ3) is 4.93. The lowest BCUT2D eigenvalue weighted by atomic mass is 9.97. The van der Waals surface area contributed by atoms with E-state index in [4.69, 9.17) is 0 Å². The van der Waals surface area contributed by atoms with Crippen LogP contribution in [0.4, 0.5) is 13.2 Å². The number of carbonyl (C=O) groups is 1. The fourth-order valence-electron chi connectivity index (χ4n) is 4.03. The Labute approximate surface area is 184 Å². The Morgan fingerprint density at radius 2 is 1.94 bits per heavy atom. The maximum absolute atomic E-state index is 13.5. The molecule has 0 radical (unpaired) electrons. The second-order valence-electron chi connectivity index (χ2n) is 7.86. The van der Waals surface area contributed by atoms with E-state index < -0.39 is 11.7 Å². The number of nitrogens with one attached hydrogen (secondary N) is 1. The molecular formula is C25H24F3N3O. The van der Waals surface area contributed by atoms with Crippen LogP contribution < -0.4 is 5.32 Å². The van der Waals surface area contributed by atoms with Crippen molar-refractivity contribution in [3.05, 3.63) is 84.0 Å². The van der Waals surface area contributed by atoms with Crippen LogP contribution in [0.1, 0.15) is 48.2 Å². The van der Waals surface area contributed by atoms with Crippen LogP contribution in [0.2, 0.25) is 0 Å². The van der Waals surface area contributed by atoms with Gasteiger partial charge in [-0.05, 0) is 61.4 Å². The van der Waals surface area contributed by atoms with Crippen molar-refractivity contribution in [1.29, 1.82) is 0 Å². The number of hydrogen-bond acceptors (Lipinski definition) is 2. The SMILES string of the molecule is O=C(NCCC1=CCCCC1)c1cncn1-c1cccc(-c2ccccc2C(F)(F)F)c1. The fourth-order valence-corrected chi connectivity index (χ4v) is 4.03. The van der Waals surface area contributed by atoms with Crippen LogP contribution in [-0.2, 0) is 6.18 Å². The molecule has 0 atom stereocenters. The number of amides is 1. The lowest BCUT2D eigenvalue weighted by molar-refractivity contribution is -0.137. The second kappa shape index (κ2) is 9.42. The molecule has 3 aromatic rings. The number of allylic oxidation sites excluding steroid dienone is 1. The van der Waals surface area contributed by atoms with Crippen LogP contribution in [-0.4, -0.2) is 22.0 Å². The predicted octanol–water partition coefficient (Wildman–Crippen LogP) is 6.18. The Morgan fingerprint density at radius 3 is 2.72 bits per heavy atom. The predicted molar refractivity (Wildman–Crippen MR) is 118 cm³/mol. The summed E-state index contributed by atoms with van der Waals surface area (Å²) in [6.45, 7) is 0.537. The number of hydrogen-bond donors (Lipinski definition) is 1. The van der Waals surface area contributed by atoms with Gasteiger partial charge in [-0.1, -0.05) is 42.0 Å². The summed E-state index contributed by atoms with van der Waals surface area (Å²) in [5.74, 6) is -0.264. The highest BCUT2D eigenvalue weighted by Gasteiger charge is 2.33. The first kappa shape index (κ1) is 21.9. The number of alkyl halides is 3. The molecule has 1 aliphatic rings. The number of imidazole rings is 1. The highest BCUT2D eigenvalue weighted by Crippen LogP contribution is 2.37. The number of nitrogens with zero attached hydrogens (tertiary/aromatic N) is 2. The maximum atomic E-state index is 13.5. The summed E-state index contributed by atoms with van der Waals surface area (Å²) in [4.78, 5) is 16.8. The van der Waals surface area contributed by atoms with Gasteiger partial charge < -0.3 is 5.32 Å². The molecular weight excluding hydrogens is 415 g/mol. The molecule has 32 heavy (non-hydrogen) atoms. The summed E-state index contributed by atoms with van der Waals surface area (Å²) in [6.07, 6.45) is 6.18. The standard InChI is InChI=1S/C25H24F3N3O/c26-25(27,28)22-12-5-4-11-21(22)19-9-6-10-20(15-19)31-17-29-16-23(31)24(32)30-14-13-18-7-2-1-3-8-18/h4-7,9-12,15-17H,1-3,8,13-14H2,(H,30,32). The summed E-state index contributed by atoms with van der Waals surface area (Å²) in [5, 5.41) is 2.93. The zero-order chi connectivity index (χ0) is 22.6. The zero-order valence-electron chi connectivity index (χ0n) is 17.5. The summed E-state index contributed by atoms with van der Waals surface area (Å²) in [5.41, 5.74) is 2.09. The van der Waals surface area contributed by atoms with Crippen molar-refractivity contribution in [1.82, 2.24) is 14.9 Å². The van der Waals surface area contributed by atoms with Crippen LogP contribution in [0.3, 0.4) is 0 Å². The molecule has 1 aromatic heterocycles. The van der Waals surface area contributed by atoms with Gasteiger partial charge in [0.05, 0.1) is 18.1 Å². The van der Waals surface area contributed by atoms with Crippen molar-refractivity contribution in [3.63, 3.8) is 0 Å². The minimum absolute atomic E-state index is 0.0914. The molecule has 1 amide bonds. The first-order valence-electron chi connectivity index (χ1n) is 10.7. The van der Waals surface area contributed by atoms with Gasteiger partial charge in [-0.3, -0.25) is 9.36 Å². The molecule has 0 bridgehead atoms. The fraction of sp³-hybridized carbons (Fsp3) is 0.280. The molecule has 1 heterocycles. The van der Waals surface area contributed by atoms with Crippen molar-refractivity contribution >= 4 is 5.91 Å². The normalized spacial score (nSPS) is 14.2. The molecule has 4 rings (SSSR count). The lowest BCUT2D eigenvalue weighted by Crippen LogP contribution is -2.26. The number of halogens is 3. The third-order valence-corrected chi connectivity index (χ3v) is 5.66. The van der Waals surface area contributed by atoms with E-state index in [1.54, 1.807) is 34.9 Å². The largest absolute Gasteiger partial charge is 0.417 e. The van der Waals surface area contributed by atoms with E-state index in [1.807, 2.05) is 0 Å². The Kier molecular flexibility index (Phi) is 6.44. The van der Waals surface area contributed by atoms with Gasteiger partial charge in [0.1, 0.15) is 5.69 Å². The first-order valence-corrected chi connectivity index (χ1v) is 10.7. The van der Waals surface area contributed by atoms with Crippen molar-refractivity contribution in [2.45, 2.75) is 38.3 Å². The topological polar surface area (TPSA) is 46.9 Å². The van der Waals surface area contributed by atoms with Gasteiger partial charge >= 0.3 is 6.18 Å². The van der Waals surface area contributed by atoms with Crippen LogP contribution in [0.5, 0.6) is 0 Å². The molecule has 0 aliphatic heterocycles. The van der Waals surface area contributed by atoms with Crippen molar-refractivity contribution in [2.75, 3.05) is 6.54 Å². The van der Waals surface area contributed by atoms with E-state index in [9.17, 15) is 18.0 Å². The van der Waals surface area contributed by atoms with Crippen LogP contribution >= 0.6 is 0 Å². The molecule has 0 saturated carbocycles. The Balaban J connectivity index is 1.55. The smallest absolute Gasteiger partial charge is 0.350 e. The van der Waals surface area contributed by atoms with E-state index in [-0.39, 0.29) is 11.5 Å². The summed E-state index contributed by atoms with van der Waals surface area (Å²) in [7, 11) is 0. The Morgan fingerprint density at radius 1 is 1.09 bits per heavy atom. The van der Waals surface area contributed by atoms with E-state index in [0.29, 0.717) is 23.5 Å². The molecule has 7 heteroatoms. The lowest BCUT2D eigenvalue weighted by Gasteiger charge is -2.15. The number of benzene rings is 2. The zero-order valence-corrected chi connectivity index (χ0v) is 17.5. The molecule has 0 unspecified atom stereocenters. The van der Waals surface area contributed by atoms with Gasteiger partial charge in [0.15, 0.2) is 0 Å². The molecule has 0 fully saturated rings. The molecule has 166 valence electrons. The third-order valence-electron chi connectivity index (χ3n) is 5.66. The molecule has 2 aromatic carbocycles. The molecule has 4 nitrogen and oxygen atoms in total. The van der Waals surface area contributed by atoms with Gasteiger partial charge in [0.2, 0.25) is 0 Å².